The predicted molar refractivity (Wildman–Crippen MR) is 129 cm³/mol. The molecule has 188 valence electrons. The minimum Gasteiger partial charge on any atom is -0.497 e. The Balaban J connectivity index is 1.75. The van der Waals surface area contributed by atoms with Gasteiger partial charge in [-0.2, -0.15) is 0 Å². The van der Waals surface area contributed by atoms with Crippen LogP contribution in [0.5, 0.6) is 17.2 Å². The highest BCUT2D eigenvalue weighted by molar-refractivity contribution is 5.88. The summed E-state index contributed by atoms with van der Waals surface area (Å²) in [5.41, 5.74) is 0.596. The fourth-order valence-electron chi connectivity index (χ4n) is 4.07. The SMILES string of the molecule is COc1cccc(CN(C(=O)COc2ccc([N+](=O)[O-])c(OC)c2)C(C)C(=O)NC2CCCC2)c1. The summed E-state index contributed by atoms with van der Waals surface area (Å²) in [6, 6.07) is 10.7. The van der Waals surface area contributed by atoms with Crippen LogP contribution in [0.4, 0.5) is 5.69 Å². The summed E-state index contributed by atoms with van der Waals surface area (Å²) in [5.74, 6) is 0.291. The number of benzene rings is 2. The van der Waals surface area contributed by atoms with Crippen LogP contribution in [0, 0.1) is 10.1 Å². The minimum atomic E-state index is -0.732. The summed E-state index contributed by atoms with van der Waals surface area (Å²) in [7, 11) is 2.88. The van der Waals surface area contributed by atoms with Crippen LogP contribution in [-0.2, 0) is 16.1 Å². The summed E-state index contributed by atoms with van der Waals surface area (Å²) < 4.78 is 16.0. The molecule has 0 aromatic heterocycles. The molecule has 1 aliphatic rings. The van der Waals surface area contributed by atoms with Crippen molar-refractivity contribution in [1.82, 2.24) is 10.2 Å². The van der Waals surface area contributed by atoms with Gasteiger partial charge in [0.05, 0.1) is 19.1 Å². The van der Waals surface area contributed by atoms with E-state index in [4.69, 9.17) is 14.2 Å². The van der Waals surface area contributed by atoms with Gasteiger partial charge in [0.1, 0.15) is 17.5 Å². The van der Waals surface area contributed by atoms with Crippen molar-refractivity contribution >= 4 is 17.5 Å². The van der Waals surface area contributed by atoms with Gasteiger partial charge in [0.2, 0.25) is 11.7 Å². The summed E-state index contributed by atoms with van der Waals surface area (Å²) in [5, 5.41) is 14.2. The molecule has 3 rings (SSSR count). The van der Waals surface area contributed by atoms with Crippen LogP contribution in [0.3, 0.4) is 0 Å². The maximum atomic E-state index is 13.2. The second-order valence-electron chi connectivity index (χ2n) is 8.42. The first-order chi connectivity index (χ1) is 16.8. The van der Waals surface area contributed by atoms with Gasteiger partial charge < -0.3 is 24.4 Å². The van der Waals surface area contributed by atoms with E-state index in [0.29, 0.717) is 5.75 Å². The highest BCUT2D eigenvalue weighted by atomic mass is 16.6. The molecule has 0 radical (unpaired) electrons. The molecule has 1 atom stereocenters. The number of hydrogen-bond donors (Lipinski definition) is 1. The van der Waals surface area contributed by atoms with E-state index in [1.54, 1.807) is 20.1 Å². The highest BCUT2D eigenvalue weighted by Gasteiger charge is 2.29. The molecule has 1 aliphatic carbocycles. The Kier molecular flexibility index (Phi) is 8.88. The lowest BCUT2D eigenvalue weighted by Gasteiger charge is -2.29. The number of methoxy groups -OCH3 is 2. The molecule has 2 amide bonds. The van der Waals surface area contributed by atoms with Crippen LogP contribution < -0.4 is 19.5 Å². The average molecular weight is 486 g/mol. The normalized spacial score (nSPS) is 14.1. The van der Waals surface area contributed by atoms with Crippen molar-refractivity contribution < 1.29 is 28.7 Å². The number of carbonyl (C=O) groups excluding carboxylic acids is 2. The first kappa shape index (κ1) is 25.8. The minimum absolute atomic E-state index is 0.0255. The van der Waals surface area contributed by atoms with Crippen LogP contribution in [0.15, 0.2) is 42.5 Å². The standard InChI is InChI=1S/C25H31N3O7/c1-17(25(30)26-19-8-4-5-9-19)27(15-18-7-6-10-20(13-18)33-2)24(29)16-35-21-11-12-22(28(31)32)23(14-21)34-3/h6-7,10-14,17,19H,4-5,8-9,15-16H2,1-3H3,(H,26,30). The maximum absolute atomic E-state index is 13.2. The van der Waals surface area contributed by atoms with Gasteiger partial charge in [-0.3, -0.25) is 19.7 Å². The smallest absolute Gasteiger partial charge is 0.311 e. The quantitative estimate of drug-likeness (QED) is 0.382. The maximum Gasteiger partial charge on any atom is 0.311 e. The second-order valence-corrected chi connectivity index (χ2v) is 8.42. The Hall–Kier alpha value is -3.82. The fraction of sp³-hybridized carbons (Fsp3) is 0.440. The van der Waals surface area contributed by atoms with Gasteiger partial charge in [0.25, 0.3) is 5.91 Å². The monoisotopic (exact) mass is 485 g/mol. The van der Waals surface area contributed by atoms with Gasteiger partial charge >= 0.3 is 5.69 Å². The van der Waals surface area contributed by atoms with E-state index in [-0.39, 0.29) is 42.3 Å². The molecule has 35 heavy (non-hydrogen) atoms. The van der Waals surface area contributed by atoms with Crippen molar-refractivity contribution in [3.05, 3.63) is 58.1 Å². The number of rotatable bonds is 11. The van der Waals surface area contributed by atoms with E-state index in [2.05, 4.69) is 5.32 Å². The van der Waals surface area contributed by atoms with E-state index in [1.165, 1.54) is 30.2 Å². The summed E-state index contributed by atoms with van der Waals surface area (Å²) in [6.45, 7) is 1.52. The molecule has 0 heterocycles. The number of nitro groups is 1. The average Bonchev–Trinajstić information content (AvgIpc) is 3.38. The van der Waals surface area contributed by atoms with Crippen LogP contribution in [0.25, 0.3) is 0 Å². The Morgan fingerprint density at radius 1 is 1.11 bits per heavy atom. The van der Waals surface area contributed by atoms with Crippen molar-refractivity contribution in [2.45, 2.75) is 51.2 Å². The third kappa shape index (κ3) is 6.84. The summed E-state index contributed by atoms with van der Waals surface area (Å²) in [6.07, 6.45) is 4.04. The van der Waals surface area contributed by atoms with Crippen LogP contribution in [-0.4, -0.2) is 54.5 Å². The Morgan fingerprint density at radius 3 is 2.51 bits per heavy atom. The summed E-state index contributed by atoms with van der Waals surface area (Å²) >= 11 is 0. The van der Waals surface area contributed by atoms with Gasteiger partial charge in [0, 0.05) is 24.7 Å². The molecule has 0 aliphatic heterocycles. The van der Waals surface area contributed by atoms with E-state index < -0.39 is 16.9 Å². The lowest BCUT2D eigenvalue weighted by Crippen LogP contribution is -2.50. The van der Waals surface area contributed by atoms with E-state index in [0.717, 1.165) is 31.2 Å². The Morgan fingerprint density at radius 2 is 1.86 bits per heavy atom. The largest absolute Gasteiger partial charge is 0.497 e. The molecule has 0 spiro atoms. The fourth-order valence-corrected chi connectivity index (χ4v) is 4.07. The van der Waals surface area contributed by atoms with Crippen LogP contribution in [0.2, 0.25) is 0 Å². The van der Waals surface area contributed by atoms with Gasteiger partial charge in [-0.25, -0.2) is 0 Å². The van der Waals surface area contributed by atoms with Crippen molar-refractivity contribution in [1.29, 1.82) is 0 Å². The third-order valence-electron chi connectivity index (χ3n) is 6.07. The number of nitrogens with one attached hydrogen (secondary N) is 1. The highest BCUT2D eigenvalue weighted by Crippen LogP contribution is 2.31. The number of nitro benzene ring substituents is 1. The van der Waals surface area contributed by atoms with Gasteiger partial charge in [-0.05, 0) is 43.5 Å². The lowest BCUT2D eigenvalue weighted by molar-refractivity contribution is -0.385. The first-order valence-electron chi connectivity index (χ1n) is 11.5. The molecule has 10 nitrogen and oxygen atoms in total. The first-order valence-corrected chi connectivity index (χ1v) is 11.5. The van der Waals surface area contributed by atoms with Crippen LogP contribution in [0.1, 0.15) is 38.2 Å². The topological polar surface area (TPSA) is 120 Å². The van der Waals surface area contributed by atoms with Crippen molar-refractivity contribution in [2.24, 2.45) is 0 Å². The van der Waals surface area contributed by atoms with Gasteiger partial charge in [-0.15, -0.1) is 0 Å². The molecule has 2 aromatic rings. The predicted octanol–water partition coefficient (Wildman–Crippen LogP) is 3.47. The van der Waals surface area contributed by atoms with Crippen molar-refractivity contribution in [3.63, 3.8) is 0 Å². The number of carbonyl (C=O) groups is 2. The lowest BCUT2D eigenvalue weighted by atomic mass is 10.1. The number of nitrogens with zero attached hydrogens (tertiary/aromatic N) is 2. The zero-order valence-corrected chi connectivity index (χ0v) is 20.2. The van der Waals surface area contributed by atoms with E-state index in [1.807, 2.05) is 18.2 Å². The number of ether oxygens (including phenoxy) is 3. The molecule has 2 aromatic carbocycles. The van der Waals surface area contributed by atoms with Crippen LogP contribution >= 0.6 is 0 Å². The van der Waals surface area contributed by atoms with E-state index >= 15 is 0 Å². The van der Waals surface area contributed by atoms with Gasteiger partial charge in [-0.1, -0.05) is 25.0 Å². The van der Waals surface area contributed by atoms with E-state index in [9.17, 15) is 19.7 Å². The summed E-state index contributed by atoms with van der Waals surface area (Å²) in [4.78, 5) is 38.2. The number of hydrogen-bond acceptors (Lipinski definition) is 7. The Labute approximate surface area is 204 Å². The molecule has 0 saturated heterocycles. The zero-order valence-electron chi connectivity index (χ0n) is 20.2. The van der Waals surface area contributed by atoms with Crippen molar-refractivity contribution in [3.8, 4) is 17.2 Å². The molecule has 0 bridgehead atoms. The van der Waals surface area contributed by atoms with Crippen molar-refractivity contribution in [2.75, 3.05) is 20.8 Å². The molecule has 10 heteroatoms. The molecule has 1 N–H and O–H groups in total. The molecule has 1 fully saturated rings. The molecule has 1 saturated carbocycles. The third-order valence-corrected chi connectivity index (χ3v) is 6.07. The Bertz CT molecular complexity index is 1050. The second kappa shape index (κ2) is 12.0. The molecule has 1 unspecified atom stereocenters. The zero-order chi connectivity index (χ0) is 25.4. The van der Waals surface area contributed by atoms with Gasteiger partial charge in [0.15, 0.2) is 6.61 Å². The molecular formula is C25H31N3O7. The molecular weight excluding hydrogens is 454 g/mol. The number of amides is 2.